The van der Waals surface area contributed by atoms with E-state index in [-0.39, 0.29) is 5.91 Å². The molecular weight excluding hydrogens is 451 g/mol. The Morgan fingerprint density at radius 3 is 2.48 bits per heavy atom. The monoisotopic (exact) mass is 468 g/mol. The average molecular weight is 469 g/mol. The van der Waals surface area contributed by atoms with Gasteiger partial charge in [-0.25, -0.2) is 4.98 Å². The summed E-state index contributed by atoms with van der Waals surface area (Å²) >= 11 is 15.0. The fourth-order valence-corrected chi connectivity index (χ4v) is 4.66. The normalized spacial score (nSPS) is 10.6. The number of thioether (sulfide) groups is 1. The number of nitrogens with zero attached hydrogens (tertiary/aromatic N) is 1. The van der Waals surface area contributed by atoms with E-state index >= 15 is 0 Å². The predicted molar refractivity (Wildman–Crippen MR) is 121 cm³/mol. The molecule has 3 rings (SSSR count). The third-order valence-corrected chi connectivity index (χ3v) is 6.27. The van der Waals surface area contributed by atoms with Crippen LogP contribution in [-0.2, 0) is 11.5 Å². The Kier molecular flexibility index (Phi) is 7.66. The first-order chi connectivity index (χ1) is 14.0. The van der Waals surface area contributed by atoms with Crippen LogP contribution >= 0.6 is 46.3 Å². The zero-order valence-corrected chi connectivity index (χ0v) is 18.8. The van der Waals surface area contributed by atoms with E-state index in [1.165, 1.54) is 17.4 Å². The molecule has 0 fully saturated rings. The standard InChI is InChI=1S/C20H18Cl2N2O3S2/c1-26-15-5-12(6-16(8-15)27-2)9-28-10-14-11-29-20(23-14)24-19(25)17-4-3-13(21)7-18(17)22/h3-8,11H,9-10H2,1-2H3,(H,23,24,25). The molecule has 0 bridgehead atoms. The summed E-state index contributed by atoms with van der Waals surface area (Å²) in [7, 11) is 3.27. The Bertz CT molecular complexity index is 989. The van der Waals surface area contributed by atoms with Crippen LogP contribution in [0.2, 0.25) is 10.0 Å². The van der Waals surface area contributed by atoms with Crippen LogP contribution in [0.1, 0.15) is 21.6 Å². The molecule has 0 unspecified atom stereocenters. The number of benzene rings is 2. The van der Waals surface area contributed by atoms with Gasteiger partial charge in [-0.1, -0.05) is 23.2 Å². The first-order valence-electron chi connectivity index (χ1n) is 8.49. The predicted octanol–water partition coefficient (Wildman–Crippen LogP) is 6.15. The van der Waals surface area contributed by atoms with Gasteiger partial charge in [-0.3, -0.25) is 10.1 Å². The van der Waals surface area contributed by atoms with Crippen LogP contribution in [0.25, 0.3) is 0 Å². The molecule has 2 aromatic carbocycles. The summed E-state index contributed by atoms with van der Waals surface area (Å²) in [4.78, 5) is 16.8. The molecular formula is C20H18Cl2N2O3S2. The van der Waals surface area contributed by atoms with Gasteiger partial charge in [0.1, 0.15) is 11.5 Å². The van der Waals surface area contributed by atoms with E-state index in [0.29, 0.717) is 26.5 Å². The fourth-order valence-electron chi connectivity index (χ4n) is 2.49. The number of methoxy groups -OCH3 is 2. The Morgan fingerprint density at radius 2 is 1.83 bits per heavy atom. The smallest absolute Gasteiger partial charge is 0.258 e. The highest BCUT2D eigenvalue weighted by atomic mass is 35.5. The highest BCUT2D eigenvalue weighted by Gasteiger charge is 2.13. The van der Waals surface area contributed by atoms with Gasteiger partial charge in [0.15, 0.2) is 5.13 Å². The van der Waals surface area contributed by atoms with Crippen molar-refractivity contribution in [3.8, 4) is 11.5 Å². The van der Waals surface area contributed by atoms with Gasteiger partial charge in [-0.15, -0.1) is 11.3 Å². The summed E-state index contributed by atoms with van der Waals surface area (Å²) < 4.78 is 10.6. The van der Waals surface area contributed by atoms with Crippen molar-refractivity contribution < 1.29 is 14.3 Å². The lowest BCUT2D eigenvalue weighted by atomic mass is 10.2. The van der Waals surface area contributed by atoms with Crippen molar-refractivity contribution in [2.45, 2.75) is 11.5 Å². The van der Waals surface area contributed by atoms with Crippen molar-refractivity contribution in [2.75, 3.05) is 19.5 Å². The Labute approximate surface area is 187 Å². The molecule has 9 heteroatoms. The van der Waals surface area contributed by atoms with E-state index in [2.05, 4.69) is 10.3 Å². The quantitative estimate of drug-likeness (QED) is 0.429. The number of nitrogens with one attached hydrogen (secondary N) is 1. The molecule has 0 aliphatic rings. The number of anilines is 1. The van der Waals surface area contributed by atoms with Crippen molar-refractivity contribution in [1.29, 1.82) is 0 Å². The Balaban J connectivity index is 1.56. The summed E-state index contributed by atoms with van der Waals surface area (Å²) in [5, 5.41) is 6.01. The first-order valence-corrected chi connectivity index (χ1v) is 11.3. The molecule has 1 N–H and O–H groups in total. The number of aromatic nitrogens is 1. The minimum Gasteiger partial charge on any atom is -0.497 e. The van der Waals surface area contributed by atoms with E-state index < -0.39 is 0 Å². The second kappa shape index (κ2) is 10.2. The van der Waals surface area contributed by atoms with Gasteiger partial charge in [0.2, 0.25) is 0 Å². The van der Waals surface area contributed by atoms with Crippen LogP contribution in [0.15, 0.2) is 41.8 Å². The number of rotatable bonds is 8. The molecule has 0 radical (unpaired) electrons. The van der Waals surface area contributed by atoms with E-state index in [9.17, 15) is 4.79 Å². The average Bonchev–Trinajstić information content (AvgIpc) is 3.14. The lowest BCUT2D eigenvalue weighted by Gasteiger charge is -2.08. The molecule has 0 atom stereocenters. The van der Waals surface area contributed by atoms with E-state index in [1.807, 2.05) is 23.6 Å². The van der Waals surface area contributed by atoms with Crippen molar-refractivity contribution in [2.24, 2.45) is 0 Å². The highest BCUT2D eigenvalue weighted by molar-refractivity contribution is 7.97. The van der Waals surface area contributed by atoms with Crippen LogP contribution in [-0.4, -0.2) is 25.1 Å². The van der Waals surface area contributed by atoms with Gasteiger partial charge in [0.05, 0.1) is 30.5 Å². The first kappa shape index (κ1) is 21.8. The van der Waals surface area contributed by atoms with Crippen molar-refractivity contribution in [1.82, 2.24) is 4.98 Å². The molecule has 0 aliphatic heterocycles. The molecule has 0 aliphatic carbocycles. The zero-order valence-electron chi connectivity index (χ0n) is 15.7. The fraction of sp³-hybridized carbons (Fsp3) is 0.200. The molecule has 0 spiro atoms. The second-order valence-electron chi connectivity index (χ2n) is 5.94. The number of carbonyl (C=O) groups is 1. The van der Waals surface area contributed by atoms with Gasteiger partial charge in [0.25, 0.3) is 5.91 Å². The largest absolute Gasteiger partial charge is 0.497 e. The van der Waals surface area contributed by atoms with Crippen molar-refractivity contribution in [3.63, 3.8) is 0 Å². The number of hydrogen-bond donors (Lipinski definition) is 1. The molecule has 0 saturated carbocycles. The molecule has 0 saturated heterocycles. The number of amides is 1. The number of ether oxygens (including phenoxy) is 2. The summed E-state index contributed by atoms with van der Waals surface area (Å²) in [6, 6.07) is 10.6. The third kappa shape index (κ3) is 6.02. The van der Waals surface area contributed by atoms with Gasteiger partial charge >= 0.3 is 0 Å². The maximum absolute atomic E-state index is 12.4. The molecule has 1 amide bonds. The zero-order chi connectivity index (χ0) is 20.8. The van der Waals surface area contributed by atoms with Gasteiger partial charge < -0.3 is 9.47 Å². The second-order valence-corrected chi connectivity index (χ2v) is 8.62. The van der Waals surface area contributed by atoms with Crippen LogP contribution in [0.3, 0.4) is 0 Å². The SMILES string of the molecule is COc1cc(CSCc2csc(NC(=O)c3ccc(Cl)cc3Cl)n2)cc(OC)c1. The van der Waals surface area contributed by atoms with E-state index in [4.69, 9.17) is 32.7 Å². The number of thiazole rings is 1. The van der Waals surface area contributed by atoms with Gasteiger partial charge in [0, 0.05) is 28.0 Å². The maximum atomic E-state index is 12.4. The minimum atomic E-state index is -0.316. The van der Waals surface area contributed by atoms with Crippen LogP contribution < -0.4 is 14.8 Å². The van der Waals surface area contributed by atoms with Gasteiger partial charge in [-0.05, 0) is 35.9 Å². The number of hydrogen-bond acceptors (Lipinski definition) is 6. The molecule has 5 nitrogen and oxygen atoms in total. The van der Waals surface area contributed by atoms with Crippen molar-refractivity contribution >= 4 is 57.3 Å². The molecule has 1 aromatic heterocycles. The number of halogens is 2. The number of carbonyl (C=O) groups excluding carboxylic acids is 1. The molecule has 152 valence electrons. The lowest BCUT2D eigenvalue weighted by molar-refractivity contribution is 0.102. The van der Waals surface area contributed by atoms with Crippen LogP contribution in [0.5, 0.6) is 11.5 Å². The minimum absolute atomic E-state index is 0.302. The van der Waals surface area contributed by atoms with E-state index in [1.54, 1.807) is 38.1 Å². The summed E-state index contributed by atoms with van der Waals surface area (Å²) in [6.07, 6.45) is 0. The molecule has 29 heavy (non-hydrogen) atoms. The van der Waals surface area contributed by atoms with Crippen LogP contribution in [0.4, 0.5) is 5.13 Å². The summed E-state index contributed by atoms with van der Waals surface area (Å²) in [6.45, 7) is 0. The maximum Gasteiger partial charge on any atom is 0.258 e. The molecule has 1 heterocycles. The van der Waals surface area contributed by atoms with Crippen molar-refractivity contribution in [3.05, 3.63) is 68.6 Å². The topological polar surface area (TPSA) is 60.5 Å². The Hall–Kier alpha value is -1.93. The van der Waals surface area contributed by atoms with E-state index in [0.717, 1.165) is 28.5 Å². The Morgan fingerprint density at radius 1 is 1.10 bits per heavy atom. The summed E-state index contributed by atoms with van der Waals surface area (Å²) in [5.41, 5.74) is 2.36. The van der Waals surface area contributed by atoms with Gasteiger partial charge in [-0.2, -0.15) is 11.8 Å². The lowest BCUT2D eigenvalue weighted by Crippen LogP contribution is -2.12. The summed E-state index contributed by atoms with van der Waals surface area (Å²) in [5.74, 6) is 2.71. The van der Waals surface area contributed by atoms with Crippen LogP contribution in [0, 0.1) is 0 Å². The highest BCUT2D eigenvalue weighted by Crippen LogP contribution is 2.28. The third-order valence-electron chi connectivity index (χ3n) is 3.88. The molecule has 3 aromatic rings.